The third kappa shape index (κ3) is 6.92. The maximum atomic E-state index is 15.4. The van der Waals surface area contributed by atoms with Gasteiger partial charge in [-0.25, -0.2) is 22.6 Å². The van der Waals surface area contributed by atoms with Gasteiger partial charge < -0.3 is 20.7 Å². The van der Waals surface area contributed by atoms with E-state index in [1.165, 1.54) is 49.5 Å². The minimum absolute atomic E-state index is 0.0767. The maximum Gasteiger partial charge on any atom is 0.491 e. The van der Waals surface area contributed by atoms with Crippen LogP contribution in [0.25, 0.3) is 10.8 Å². The van der Waals surface area contributed by atoms with E-state index >= 15 is 4.39 Å². The average molecular weight is 707 g/mol. The topological polar surface area (TPSA) is 149 Å². The van der Waals surface area contributed by atoms with Gasteiger partial charge in [0.05, 0.1) is 22.6 Å². The number of nitrogens with two attached hydrogens (primary N) is 1. The molecule has 16 heteroatoms. The largest absolute Gasteiger partial charge is 0.491 e. The van der Waals surface area contributed by atoms with Gasteiger partial charge in [-0.3, -0.25) is 9.59 Å². The van der Waals surface area contributed by atoms with E-state index in [9.17, 15) is 36.0 Å². The Morgan fingerprint density at radius 1 is 1.10 bits per heavy atom. The highest BCUT2D eigenvalue weighted by Gasteiger charge is 2.49. The summed E-state index contributed by atoms with van der Waals surface area (Å²) in [6.07, 6.45) is -4.34. The Morgan fingerprint density at radius 2 is 1.83 bits per heavy atom. The molecule has 0 spiro atoms. The number of rotatable bonds is 8. The van der Waals surface area contributed by atoms with Crippen LogP contribution in [-0.2, 0) is 29.0 Å². The number of pyridine rings is 1. The molecule has 2 heterocycles. The zero-order chi connectivity index (χ0) is 35.0. The van der Waals surface area contributed by atoms with E-state index in [-0.39, 0.29) is 45.6 Å². The molecule has 1 saturated heterocycles. The molecule has 1 aliphatic heterocycles. The van der Waals surface area contributed by atoms with Gasteiger partial charge >= 0.3 is 18.1 Å². The van der Waals surface area contributed by atoms with Gasteiger partial charge in [-0.05, 0) is 65.9 Å². The predicted octanol–water partition coefficient (Wildman–Crippen LogP) is 5.78. The van der Waals surface area contributed by atoms with Crippen molar-refractivity contribution >= 4 is 61.6 Å². The lowest BCUT2D eigenvalue weighted by Gasteiger charge is -2.33. The standard InChI is InChI=1S/C32H27ClF4N4O6S/c1-2-48(45,46)25-6-4-3-5-21(25)27-22(30(43)47-31(44)32(35,36)37)12-14-41(27)29(42)26(23-16-18(33)7-10-24(23)34)40-19-8-9-20-17(15-19)11-13-39-28(20)38/h3-11,13,15-16,22,26-27,40H,2,12,14H2,1H3,(H2,38,39)/t22-,26+,27-/m0/s1. The van der Waals surface area contributed by atoms with Gasteiger partial charge in [0, 0.05) is 34.4 Å². The Labute approximate surface area is 276 Å². The molecule has 0 aliphatic carbocycles. The van der Waals surface area contributed by atoms with Gasteiger partial charge in [-0.15, -0.1) is 0 Å². The van der Waals surface area contributed by atoms with Crippen LogP contribution in [0.3, 0.4) is 0 Å². The van der Waals surface area contributed by atoms with E-state index in [4.69, 9.17) is 17.3 Å². The Bertz CT molecular complexity index is 2030. The van der Waals surface area contributed by atoms with Crippen LogP contribution in [0.1, 0.15) is 36.6 Å². The number of nitrogens with one attached hydrogen (secondary N) is 1. The first-order valence-corrected chi connectivity index (χ1v) is 16.5. The summed E-state index contributed by atoms with van der Waals surface area (Å²) in [5.41, 5.74) is 5.98. The second-order valence-corrected chi connectivity index (χ2v) is 13.6. The van der Waals surface area contributed by atoms with Crippen molar-refractivity contribution in [1.29, 1.82) is 0 Å². The van der Waals surface area contributed by atoms with Crippen LogP contribution in [0, 0.1) is 11.7 Å². The fourth-order valence-electron chi connectivity index (χ4n) is 5.69. The Kier molecular flexibility index (Phi) is 9.65. The summed E-state index contributed by atoms with van der Waals surface area (Å²) in [4.78, 5) is 44.1. The maximum absolute atomic E-state index is 15.4. The molecule has 3 N–H and O–H groups in total. The van der Waals surface area contributed by atoms with Crippen molar-refractivity contribution in [1.82, 2.24) is 9.88 Å². The number of nitrogens with zero attached hydrogens (tertiary/aromatic N) is 2. The number of hydrogen-bond acceptors (Lipinski definition) is 9. The van der Waals surface area contributed by atoms with Gasteiger partial charge in [-0.1, -0.05) is 36.7 Å². The lowest BCUT2D eigenvalue weighted by molar-refractivity contribution is -0.203. The number of fused-ring (bicyclic) bond motifs is 1. The number of benzene rings is 3. The van der Waals surface area contributed by atoms with Gasteiger partial charge in [0.25, 0.3) is 0 Å². The Morgan fingerprint density at radius 3 is 2.54 bits per heavy atom. The molecule has 1 amide bonds. The average Bonchev–Trinajstić information content (AvgIpc) is 3.49. The summed E-state index contributed by atoms with van der Waals surface area (Å²) in [6.45, 7) is 1.07. The van der Waals surface area contributed by atoms with E-state index in [0.717, 1.165) is 11.0 Å². The molecule has 1 aromatic heterocycles. The van der Waals surface area contributed by atoms with Crippen LogP contribution in [0.2, 0.25) is 5.02 Å². The SMILES string of the molecule is CCS(=O)(=O)c1ccccc1[C@H]1[C@@H](C(=O)OC(=O)C(F)(F)F)CCN1C(=O)[C@H](Nc1ccc2c(N)nccc2c1)c1cc(Cl)ccc1F. The summed E-state index contributed by atoms with van der Waals surface area (Å²) in [7, 11) is -4.01. The van der Waals surface area contributed by atoms with Crippen molar-refractivity contribution in [3.8, 4) is 0 Å². The summed E-state index contributed by atoms with van der Waals surface area (Å²) in [5, 5.41) is 4.29. The van der Waals surface area contributed by atoms with E-state index < -0.39 is 57.7 Å². The number of carbonyl (C=O) groups excluding carboxylic acids is 3. The first-order chi connectivity index (χ1) is 22.6. The van der Waals surface area contributed by atoms with Crippen molar-refractivity contribution in [2.75, 3.05) is 23.3 Å². The number of ether oxygens (including phenoxy) is 1. The number of esters is 2. The van der Waals surface area contributed by atoms with Crippen molar-refractivity contribution in [2.45, 2.75) is 36.5 Å². The molecule has 10 nitrogen and oxygen atoms in total. The lowest BCUT2D eigenvalue weighted by Crippen LogP contribution is -2.41. The molecule has 0 bridgehead atoms. The highest BCUT2D eigenvalue weighted by Crippen LogP contribution is 2.43. The van der Waals surface area contributed by atoms with Crippen molar-refractivity contribution in [3.63, 3.8) is 0 Å². The number of nitrogen functional groups attached to an aromatic ring is 1. The fraction of sp³-hybridized carbons (Fsp3) is 0.250. The molecule has 3 aromatic carbocycles. The Balaban J connectivity index is 1.63. The van der Waals surface area contributed by atoms with E-state index in [1.54, 1.807) is 24.3 Å². The summed E-state index contributed by atoms with van der Waals surface area (Å²) < 4.78 is 85.0. The van der Waals surface area contributed by atoms with Crippen molar-refractivity contribution in [2.24, 2.45) is 5.92 Å². The summed E-state index contributed by atoms with van der Waals surface area (Å²) in [6, 6.07) is 12.3. The van der Waals surface area contributed by atoms with E-state index in [1.807, 2.05) is 0 Å². The highest BCUT2D eigenvalue weighted by molar-refractivity contribution is 7.91. The molecule has 0 radical (unpaired) electrons. The molecule has 252 valence electrons. The van der Waals surface area contributed by atoms with Gasteiger partial charge in [0.15, 0.2) is 9.84 Å². The number of hydrogen-bond donors (Lipinski definition) is 2. The van der Waals surface area contributed by atoms with Gasteiger partial charge in [0.2, 0.25) is 5.91 Å². The van der Waals surface area contributed by atoms with Crippen LogP contribution in [0.5, 0.6) is 0 Å². The van der Waals surface area contributed by atoms with Crippen molar-refractivity contribution in [3.05, 3.63) is 94.9 Å². The number of likely N-dealkylation sites (tertiary alicyclic amines) is 1. The minimum Gasteiger partial charge on any atom is -0.386 e. The van der Waals surface area contributed by atoms with Crippen LogP contribution in [0.4, 0.5) is 29.1 Å². The second-order valence-electron chi connectivity index (χ2n) is 10.9. The minimum atomic E-state index is -5.50. The van der Waals surface area contributed by atoms with Crippen LogP contribution >= 0.6 is 11.6 Å². The van der Waals surface area contributed by atoms with E-state index in [2.05, 4.69) is 15.0 Å². The third-order valence-electron chi connectivity index (χ3n) is 7.98. The number of carbonyl (C=O) groups is 3. The van der Waals surface area contributed by atoms with Gasteiger partial charge in [-0.2, -0.15) is 13.2 Å². The molecule has 5 rings (SSSR count). The zero-order valence-corrected chi connectivity index (χ0v) is 26.6. The first-order valence-electron chi connectivity index (χ1n) is 14.4. The second kappa shape index (κ2) is 13.4. The third-order valence-corrected chi connectivity index (χ3v) is 10.0. The number of alkyl halides is 3. The van der Waals surface area contributed by atoms with Gasteiger partial charge in [0.1, 0.15) is 17.7 Å². The molecule has 0 saturated carbocycles. The highest BCUT2D eigenvalue weighted by atomic mass is 35.5. The molecule has 1 aliphatic rings. The number of halogens is 5. The smallest absolute Gasteiger partial charge is 0.386 e. The first kappa shape index (κ1) is 34.6. The predicted molar refractivity (Wildman–Crippen MR) is 168 cm³/mol. The number of anilines is 2. The zero-order valence-electron chi connectivity index (χ0n) is 25.0. The number of sulfone groups is 1. The monoisotopic (exact) mass is 706 g/mol. The molecule has 4 aromatic rings. The lowest BCUT2D eigenvalue weighted by atomic mass is 9.93. The molecule has 0 unspecified atom stereocenters. The van der Waals surface area contributed by atoms with Crippen molar-refractivity contribution < 1.29 is 45.1 Å². The molecule has 3 atom stereocenters. The number of aromatic nitrogens is 1. The summed E-state index contributed by atoms with van der Waals surface area (Å²) >= 11 is 6.19. The quantitative estimate of drug-likeness (QED) is 0.132. The molecule has 48 heavy (non-hydrogen) atoms. The summed E-state index contributed by atoms with van der Waals surface area (Å²) in [5.74, 6) is -7.83. The van der Waals surface area contributed by atoms with Crippen LogP contribution in [-0.4, -0.2) is 54.6 Å². The fourth-order valence-corrected chi connectivity index (χ4v) is 7.02. The van der Waals surface area contributed by atoms with Crippen LogP contribution in [0.15, 0.2) is 77.8 Å². The van der Waals surface area contributed by atoms with E-state index in [0.29, 0.717) is 16.5 Å². The Hall–Kier alpha value is -4.76. The molecule has 1 fully saturated rings. The number of amides is 1. The molecular weight excluding hydrogens is 680 g/mol. The van der Waals surface area contributed by atoms with Crippen LogP contribution < -0.4 is 11.1 Å². The molecular formula is C32H27ClF4N4O6S. The normalized spacial score (nSPS) is 17.2.